The number of ether oxygens (including phenoxy) is 1. The van der Waals surface area contributed by atoms with E-state index in [0.717, 1.165) is 18.6 Å². The van der Waals surface area contributed by atoms with Gasteiger partial charge in [0.05, 0.1) is 18.7 Å². The fourth-order valence-electron chi connectivity index (χ4n) is 2.17. The van der Waals surface area contributed by atoms with Crippen molar-refractivity contribution < 1.29 is 19.7 Å². The van der Waals surface area contributed by atoms with Gasteiger partial charge in [-0.25, -0.2) is 4.79 Å². The van der Waals surface area contributed by atoms with E-state index >= 15 is 0 Å². The third-order valence-electron chi connectivity index (χ3n) is 3.04. The number of aliphatic hydroxyl groups excluding tert-OH is 1. The molecule has 0 radical (unpaired) electrons. The van der Waals surface area contributed by atoms with Gasteiger partial charge in [0.15, 0.2) is 0 Å². The molecule has 2 rings (SSSR count). The number of hydrogen-bond acceptors (Lipinski definition) is 3. The fourth-order valence-corrected chi connectivity index (χ4v) is 2.17. The van der Waals surface area contributed by atoms with Crippen molar-refractivity contribution in [3.05, 3.63) is 24.0 Å². The van der Waals surface area contributed by atoms with Crippen LogP contribution in [0.1, 0.15) is 19.3 Å². The van der Waals surface area contributed by atoms with E-state index < -0.39 is 12.2 Å². The summed E-state index contributed by atoms with van der Waals surface area (Å²) in [5.41, 5.74) is 0. The molecule has 0 saturated carbocycles. The Balaban J connectivity index is 1.87. The van der Waals surface area contributed by atoms with E-state index in [9.17, 15) is 9.90 Å². The second kappa shape index (κ2) is 5.23. The van der Waals surface area contributed by atoms with Crippen LogP contribution >= 0.6 is 0 Å². The lowest BCUT2D eigenvalue weighted by molar-refractivity contribution is 0.105. The Bertz CT molecular complexity index is 350. The topological polar surface area (TPSA) is 70.0 Å². The van der Waals surface area contributed by atoms with Crippen LogP contribution < -0.4 is 0 Å². The van der Waals surface area contributed by atoms with Crippen LogP contribution in [0.25, 0.3) is 0 Å². The van der Waals surface area contributed by atoms with E-state index in [4.69, 9.17) is 9.84 Å². The van der Waals surface area contributed by atoms with Gasteiger partial charge in [-0.15, -0.1) is 0 Å². The molecular formula is C12H17NO4. The first-order valence-corrected chi connectivity index (χ1v) is 5.84. The molecule has 2 N–H and O–H groups in total. The lowest BCUT2D eigenvalue weighted by atomic mass is 10.2. The molecule has 0 spiro atoms. The van der Waals surface area contributed by atoms with E-state index in [-0.39, 0.29) is 12.6 Å². The lowest BCUT2D eigenvalue weighted by Crippen LogP contribution is -2.37. The molecule has 1 saturated heterocycles. The number of rotatable bonds is 3. The summed E-state index contributed by atoms with van der Waals surface area (Å²) in [4.78, 5) is 12.2. The van der Waals surface area contributed by atoms with Gasteiger partial charge in [0.1, 0.15) is 12.4 Å². The highest BCUT2D eigenvalue weighted by Crippen LogP contribution is 2.20. The maximum Gasteiger partial charge on any atom is 0.407 e. The van der Waals surface area contributed by atoms with Gasteiger partial charge in [-0.1, -0.05) is 6.08 Å². The fraction of sp³-hybridized carbons (Fsp3) is 0.583. The van der Waals surface area contributed by atoms with E-state index in [1.807, 2.05) is 18.2 Å². The van der Waals surface area contributed by atoms with Crippen LogP contribution in [-0.2, 0) is 4.74 Å². The number of β-amino-alcohol motifs (C(OH)–C–C–N with tert-alkyl or cyclic N) is 1. The number of hydrogen-bond donors (Lipinski definition) is 2. The van der Waals surface area contributed by atoms with Gasteiger partial charge in [-0.05, 0) is 31.4 Å². The first-order chi connectivity index (χ1) is 8.16. The van der Waals surface area contributed by atoms with Gasteiger partial charge in [0.2, 0.25) is 0 Å². The summed E-state index contributed by atoms with van der Waals surface area (Å²) in [5, 5.41) is 18.4. The van der Waals surface area contributed by atoms with Crippen molar-refractivity contribution in [3.63, 3.8) is 0 Å². The number of likely N-dealkylation sites (tertiary alicyclic amines) is 1. The maximum atomic E-state index is 10.9. The Morgan fingerprint density at radius 3 is 3.00 bits per heavy atom. The highest BCUT2D eigenvalue weighted by atomic mass is 16.5. The predicted molar refractivity (Wildman–Crippen MR) is 61.6 cm³/mol. The van der Waals surface area contributed by atoms with E-state index in [2.05, 4.69) is 0 Å². The van der Waals surface area contributed by atoms with Gasteiger partial charge in [0, 0.05) is 0 Å². The monoisotopic (exact) mass is 239 g/mol. The molecule has 0 aromatic heterocycles. The minimum absolute atomic E-state index is 0.179. The molecular weight excluding hydrogens is 222 g/mol. The van der Waals surface area contributed by atoms with Gasteiger partial charge in [-0.2, -0.15) is 0 Å². The second-order valence-corrected chi connectivity index (χ2v) is 4.38. The van der Waals surface area contributed by atoms with Gasteiger partial charge in [-0.3, -0.25) is 4.90 Å². The summed E-state index contributed by atoms with van der Waals surface area (Å²) < 4.78 is 5.55. The van der Waals surface area contributed by atoms with Crippen LogP contribution in [0.15, 0.2) is 24.0 Å². The third kappa shape index (κ3) is 3.00. The molecule has 2 aliphatic rings. The molecule has 0 aromatic rings. The summed E-state index contributed by atoms with van der Waals surface area (Å²) in [6.45, 7) is 0.484. The van der Waals surface area contributed by atoms with Crippen LogP contribution in [-0.4, -0.2) is 46.5 Å². The van der Waals surface area contributed by atoms with Gasteiger partial charge < -0.3 is 14.9 Å². The molecule has 1 aliphatic carbocycles. The van der Waals surface area contributed by atoms with Crippen molar-refractivity contribution >= 4 is 6.09 Å². The van der Waals surface area contributed by atoms with Crippen LogP contribution in [0.4, 0.5) is 4.79 Å². The third-order valence-corrected chi connectivity index (χ3v) is 3.04. The molecule has 1 unspecified atom stereocenters. The van der Waals surface area contributed by atoms with Crippen LogP contribution in [0.5, 0.6) is 0 Å². The number of amides is 1. The van der Waals surface area contributed by atoms with Crippen molar-refractivity contribution in [2.24, 2.45) is 0 Å². The summed E-state index contributed by atoms with van der Waals surface area (Å²) >= 11 is 0. The molecule has 94 valence electrons. The molecule has 1 aliphatic heterocycles. The molecule has 1 heterocycles. The zero-order valence-electron chi connectivity index (χ0n) is 9.58. The molecule has 1 amide bonds. The van der Waals surface area contributed by atoms with Crippen LogP contribution in [0.3, 0.4) is 0 Å². The smallest absolute Gasteiger partial charge is 0.407 e. The first kappa shape index (κ1) is 12.0. The average Bonchev–Trinajstić information content (AvgIpc) is 2.69. The minimum atomic E-state index is -0.997. The van der Waals surface area contributed by atoms with Crippen molar-refractivity contribution in [1.82, 2.24) is 4.90 Å². The Labute approximate surface area is 100.0 Å². The summed E-state index contributed by atoms with van der Waals surface area (Å²) in [6.07, 6.45) is 6.80. The second-order valence-electron chi connectivity index (χ2n) is 4.38. The number of carboxylic acid groups (broad SMARTS) is 1. The highest BCUT2D eigenvalue weighted by molar-refractivity contribution is 5.66. The zero-order chi connectivity index (χ0) is 12.3. The SMILES string of the molecule is O=C(O)N1CC(O)C[C@H]1COC1=CCCC=C1. The molecule has 5 heteroatoms. The largest absolute Gasteiger partial charge is 0.492 e. The van der Waals surface area contributed by atoms with Crippen molar-refractivity contribution in [1.29, 1.82) is 0 Å². The Morgan fingerprint density at radius 1 is 1.53 bits per heavy atom. The number of carbonyl (C=O) groups is 1. The Morgan fingerprint density at radius 2 is 2.35 bits per heavy atom. The van der Waals surface area contributed by atoms with Crippen LogP contribution in [0.2, 0.25) is 0 Å². The summed E-state index contributed by atoms with van der Waals surface area (Å²) in [5.74, 6) is 0.794. The predicted octanol–water partition coefficient (Wildman–Crippen LogP) is 1.35. The quantitative estimate of drug-likeness (QED) is 0.780. The maximum absolute atomic E-state index is 10.9. The van der Waals surface area contributed by atoms with Gasteiger partial charge in [0.25, 0.3) is 0 Å². The van der Waals surface area contributed by atoms with Crippen molar-refractivity contribution in [3.8, 4) is 0 Å². The molecule has 0 aromatic carbocycles. The highest BCUT2D eigenvalue weighted by Gasteiger charge is 2.34. The Kier molecular flexibility index (Phi) is 3.68. The minimum Gasteiger partial charge on any atom is -0.492 e. The van der Waals surface area contributed by atoms with Gasteiger partial charge >= 0.3 is 6.09 Å². The molecule has 5 nitrogen and oxygen atoms in total. The number of aliphatic hydroxyl groups is 1. The lowest BCUT2D eigenvalue weighted by Gasteiger charge is -2.21. The van der Waals surface area contributed by atoms with E-state index in [0.29, 0.717) is 13.0 Å². The van der Waals surface area contributed by atoms with Crippen LogP contribution in [0, 0.1) is 0 Å². The normalized spacial score (nSPS) is 28.1. The molecule has 0 bridgehead atoms. The number of allylic oxidation sites excluding steroid dienone is 3. The standard InChI is InChI=1S/C12H17NO4/c14-10-6-9(13(7-10)12(15)16)8-17-11-4-2-1-3-5-11/h2,4-5,9-10,14H,1,3,6-8H2,(H,15,16)/t9-,10?/m0/s1. The Hall–Kier alpha value is -1.49. The van der Waals surface area contributed by atoms with E-state index in [1.165, 1.54) is 4.90 Å². The average molecular weight is 239 g/mol. The first-order valence-electron chi connectivity index (χ1n) is 5.84. The molecule has 2 atom stereocenters. The number of nitrogens with zero attached hydrogens (tertiary/aromatic N) is 1. The van der Waals surface area contributed by atoms with Crippen molar-refractivity contribution in [2.75, 3.05) is 13.2 Å². The summed E-state index contributed by atoms with van der Waals surface area (Å²) in [7, 11) is 0. The van der Waals surface area contributed by atoms with E-state index in [1.54, 1.807) is 0 Å². The molecule has 17 heavy (non-hydrogen) atoms. The van der Waals surface area contributed by atoms with Crippen molar-refractivity contribution in [2.45, 2.75) is 31.4 Å². The summed E-state index contributed by atoms with van der Waals surface area (Å²) in [6, 6.07) is -0.251. The zero-order valence-corrected chi connectivity index (χ0v) is 9.58. The molecule has 1 fully saturated rings.